The van der Waals surface area contributed by atoms with E-state index >= 15 is 0 Å². The van der Waals surface area contributed by atoms with Gasteiger partial charge in [0.1, 0.15) is 5.75 Å². The van der Waals surface area contributed by atoms with Gasteiger partial charge in [-0.1, -0.05) is 24.3 Å². The Balaban J connectivity index is 2.95. The van der Waals surface area contributed by atoms with Gasteiger partial charge in [0.15, 0.2) is 0 Å². The van der Waals surface area contributed by atoms with E-state index in [1.54, 1.807) is 7.11 Å². The van der Waals surface area contributed by atoms with Gasteiger partial charge in [0.05, 0.1) is 7.11 Å². The van der Waals surface area contributed by atoms with Crippen molar-refractivity contribution in [3.63, 3.8) is 0 Å². The van der Waals surface area contributed by atoms with Crippen LogP contribution in [0.3, 0.4) is 0 Å². The van der Waals surface area contributed by atoms with Crippen LogP contribution in [0.5, 0.6) is 5.75 Å². The Morgan fingerprint density at radius 1 is 1.43 bits per heavy atom. The van der Waals surface area contributed by atoms with Gasteiger partial charge in [-0.15, -0.1) is 0 Å². The molecule has 0 aliphatic carbocycles. The molecule has 1 rings (SSSR count). The van der Waals surface area contributed by atoms with Crippen molar-refractivity contribution in [3.8, 4) is 5.75 Å². The molecule has 74 valence electrons. The van der Waals surface area contributed by atoms with E-state index in [4.69, 9.17) is 10.5 Å². The van der Waals surface area contributed by atoms with Crippen molar-refractivity contribution in [1.29, 1.82) is 0 Å². The maximum Gasteiger partial charge on any atom is 0.119 e. The quantitative estimate of drug-likeness (QED) is 0.742. The monoisotopic (exact) mass is 189 g/mol. The van der Waals surface area contributed by atoms with Gasteiger partial charge in [-0.3, -0.25) is 0 Å². The SMILES string of the molecule is CC=C/C=C(\N)c1cccc(OC)c1. The lowest BCUT2D eigenvalue weighted by molar-refractivity contribution is 0.414. The lowest BCUT2D eigenvalue weighted by Crippen LogP contribution is -1.95. The number of ether oxygens (including phenoxy) is 1. The predicted octanol–water partition coefficient (Wildman–Crippen LogP) is 2.57. The Labute approximate surface area is 84.7 Å². The zero-order valence-electron chi connectivity index (χ0n) is 8.53. The molecule has 0 saturated carbocycles. The predicted molar refractivity (Wildman–Crippen MR) is 60.0 cm³/mol. The Kier molecular flexibility index (Phi) is 3.80. The second kappa shape index (κ2) is 5.12. The van der Waals surface area contributed by atoms with Crippen LogP contribution in [-0.4, -0.2) is 7.11 Å². The number of rotatable bonds is 3. The fourth-order valence-corrected chi connectivity index (χ4v) is 1.10. The Morgan fingerprint density at radius 2 is 2.21 bits per heavy atom. The van der Waals surface area contributed by atoms with E-state index in [1.165, 1.54) is 0 Å². The van der Waals surface area contributed by atoms with Crippen molar-refractivity contribution >= 4 is 5.70 Å². The van der Waals surface area contributed by atoms with E-state index in [0.29, 0.717) is 0 Å². The second-order valence-corrected chi connectivity index (χ2v) is 2.88. The smallest absolute Gasteiger partial charge is 0.119 e. The first-order valence-electron chi connectivity index (χ1n) is 4.51. The Morgan fingerprint density at radius 3 is 2.86 bits per heavy atom. The molecule has 0 radical (unpaired) electrons. The van der Waals surface area contributed by atoms with Crippen molar-refractivity contribution in [2.75, 3.05) is 7.11 Å². The normalized spacial score (nSPS) is 12.0. The molecule has 1 aromatic rings. The van der Waals surface area contributed by atoms with E-state index in [1.807, 2.05) is 49.4 Å². The van der Waals surface area contributed by atoms with Gasteiger partial charge < -0.3 is 10.5 Å². The molecule has 0 aliphatic heterocycles. The molecule has 0 heterocycles. The molecule has 0 atom stereocenters. The number of allylic oxidation sites excluding steroid dienone is 3. The molecule has 0 fully saturated rings. The highest BCUT2D eigenvalue weighted by atomic mass is 16.5. The lowest BCUT2D eigenvalue weighted by atomic mass is 10.1. The molecule has 0 aliphatic rings. The van der Waals surface area contributed by atoms with E-state index in [-0.39, 0.29) is 0 Å². The van der Waals surface area contributed by atoms with Crippen LogP contribution in [-0.2, 0) is 0 Å². The molecule has 2 nitrogen and oxygen atoms in total. The molecular formula is C12H15NO. The molecule has 0 spiro atoms. The maximum absolute atomic E-state index is 5.86. The summed E-state index contributed by atoms with van der Waals surface area (Å²) in [5.74, 6) is 0.819. The highest BCUT2D eigenvalue weighted by molar-refractivity contribution is 5.65. The van der Waals surface area contributed by atoms with E-state index < -0.39 is 0 Å². The van der Waals surface area contributed by atoms with E-state index in [0.717, 1.165) is 17.0 Å². The summed E-state index contributed by atoms with van der Waals surface area (Å²) in [5, 5.41) is 0. The van der Waals surface area contributed by atoms with Crippen LogP contribution >= 0.6 is 0 Å². The van der Waals surface area contributed by atoms with Crippen LogP contribution in [0.15, 0.2) is 42.5 Å². The molecule has 0 amide bonds. The molecule has 0 unspecified atom stereocenters. The number of nitrogens with two attached hydrogens (primary N) is 1. The van der Waals surface area contributed by atoms with Gasteiger partial charge in [0.2, 0.25) is 0 Å². The maximum atomic E-state index is 5.86. The summed E-state index contributed by atoms with van der Waals surface area (Å²) in [6.45, 7) is 1.95. The number of hydrogen-bond acceptors (Lipinski definition) is 2. The van der Waals surface area contributed by atoms with Crippen LogP contribution in [0.4, 0.5) is 0 Å². The molecule has 2 heteroatoms. The van der Waals surface area contributed by atoms with Gasteiger partial charge in [0, 0.05) is 11.3 Å². The average molecular weight is 189 g/mol. The molecular weight excluding hydrogens is 174 g/mol. The highest BCUT2D eigenvalue weighted by Gasteiger charge is 1.96. The first kappa shape index (κ1) is 10.4. The zero-order chi connectivity index (χ0) is 10.4. The second-order valence-electron chi connectivity index (χ2n) is 2.88. The Hall–Kier alpha value is -1.70. The minimum absolute atomic E-state index is 0.738. The summed E-state index contributed by atoms with van der Waals surface area (Å²) >= 11 is 0. The fourth-order valence-electron chi connectivity index (χ4n) is 1.10. The number of methoxy groups -OCH3 is 1. The van der Waals surface area contributed by atoms with Crippen molar-refractivity contribution in [1.82, 2.24) is 0 Å². The van der Waals surface area contributed by atoms with Gasteiger partial charge in [-0.05, 0) is 25.1 Å². The molecule has 0 bridgehead atoms. The van der Waals surface area contributed by atoms with Crippen LogP contribution in [0.25, 0.3) is 5.70 Å². The fraction of sp³-hybridized carbons (Fsp3) is 0.167. The van der Waals surface area contributed by atoms with Gasteiger partial charge >= 0.3 is 0 Å². The lowest BCUT2D eigenvalue weighted by Gasteiger charge is -2.03. The highest BCUT2D eigenvalue weighted by Crippen LogP contribution is 2.16. The van der Waals surface area contributed by atoms with Gasteiger partial charge in [0.25, 0.3) is 0 Å². The summed E-state index contributed by atoms with van der Waals surface area (Å²) in [6.07, 6.45) is 5.72. The summed E-state index contributed by atoms with van der Waals surface area (Å²) in [6, 6.07) is 7.68. The summed E-state index contributed by atoms with van der Waals surface area (Å²) in [5.41, 5.74) is 7.57. The van der Waals surface area contributed by atoms with Crippen molar-refractivity contribution in [2.24, 2.45) is 5.73 Å². The van der Waals surface area contributed by atoms with Crippen molar-refractivity contribution < 1.29 is 4.74 Å². The van der Waals surface area contributed by atoms with Crippen LogP contribution < -0.4 is 10.5 Å². The van der Waals surface area contributed by atoms with Gasteiger partial charge in [-0.2, -0.15) is 0 Å². The number of hydrogen-bond donors (Lipinski definition) is 1. The third-order valence-electron chi connectivity index (χ3n) is 1.87. The van der Waals surface area contributed by atoms with Gasteiger partial charge in [-0.25, -0.2) is 0 Å². The summed E-state index contributed by atoms with van der Waals surface area (Å²) in [7, 11) is 1.64. The van der Waals surface area contributed by atoms with E-state index in [9.17, 15) is 0 Å². The topological polar surface area (TPSA) is 35.2 Å². The summed E-state index contributed by atoms with van der Waals surface area (Å²) < 4.78 is 5.11. The minimum Gasteiger partial charge on any atom is -0.497 e. The van der Waals surface area contributed by atoms with Crippen LogP contribution in [0, 0.1) is 0 Å². The first-order valence-corrected chi connectivity index (χ1v) is 4.51. The molecule has 14 heavy (non-hydrogen) atoms. The third-order valence-corrected chi connectivity index (χ3v) is 1.87. The standard InChI is InChI=1S/C12H15NO/c1-3-4-8-12(13)10-6-5-7-11(9-10)14-2/h3-9H,13H2,1-2H3/b4-3?,12-8-. The molecule has 1 aromatic carbocycles. The van der Waals surface area contributed by atoms with E-state index in [2.05, 4.69) is 0 Å². The molecule has 0 saturated heterocycles. The average Bonchev–Trinajstić information content (AvgIpc) is 2.26. The van der Waals surface area contributed by atoms with Crippen LogP contribution in [0.2, 0.25) is 0 Å². The van der Waals surface area contributed by atoms with Crippen LogP contribution in [0.1, 0.15) is 12.5 Å². The number of benzene rings is 1. The Bertz CT molecular complexity index is 353. The largest absolute Gasteiger partial charge is 0.497 e. The summed E-state index contributed by atoms with van der Waals surface area (Å²) in [4.78, 5) is 0. The molecule has 0 aromatic heterocycles. The minimum atomic E-state index is 0.738. The first-order chi connectivity index (χ1) is 6.77. The van der Waals surface area contributed by atoms with Crippen molar-refractivity contribution in [2.45, 2.75) is 6.92 Å². The molecule has 2 N–H and O–H groups in total. The van der Waals surface area contributed by atoms with Crippen molar-refractivity contribution in [3.05, 3.63) is 48.1 Å². The third kappa shape index (κ3) is 2.66. The zero-order valence-corrected chi connectivity index (χ0v) is 8.53.